The maximum absolute atomic E-state index is 4.74. The van der Waals surface area contributed by atoms with Crippen molar-refractivity contribution in [1.82, 2.24) is 29.7 Å². The van der Waals surface area contributed by atoms with E-state index in [1.807, 2.05) is 43.9 Å². The van der Waals surface area contributed by atoms with Gasteiger partial charge in [-0.3, -0.25) is 4.57 Å². The van der Waals surface area contributed by atoms with E-state index in [-0.39, 0.29) is 0 Å². The minimum Gasteiger partial charge on any atom is -0.357 e. The Kier molecular flexibility index (Phi) is 6.18. The van der Waals surface area contributed by atoms with E-state index in [1.165, 1.54) is 0 Å². The van der Waals surface area contributed by atoms with E-state index in [9.17, 15) is 0 Å². The fourth-order valence-electron chi connectivity index (χ4n) is 2.71. The van der Waals surface area contributed by atoms with E-state index in [2.05, 4.69) is 43.5 Å². The summed E-state index contributed by atoms with van der Waals surface area (Å²) in [5.74, 6) is 2.64. The van der Waals surface area contributed by atoms with Gasteiger partial charge in [0.2, 0.25) is 0 Å². The number of nitrogens with one attached hydrogen (secondary N) is 1. The number of nitrogens with zero attached hydrogens (tertiary/aromatic N) is 6. The van der Waals surface area contributed by atoms with Crippen molar-refractivity contribution in [1.29, 1.82) is 0 Å². The lowest BCUT2D eigenvalue weighted by atomic mass is 10.3. The van der Waals surface area contributed by atoms with Crippen molar-refractivity contribution in [3.8, 4) is 5.82 Å². The first-order valence-corrected chi connectivity index (χ1v) is 9.80. The van der Waals surface area contributed by atoms with Gasteiger partial charge in [0.15, 0.2) is 5.96 Å². The Balaban J connectivity index is 1.68. The number of aryl methyl sites for hydroxylation is 2. The van der Waals surface area contributed by atoms with Gasteiger partial charge in [0.25, 0.3) is 0 Å². The molecule has 0 radical (unpaired) electrons. The maximum atomic E-state index is 4.74. The predicted octanol–water partition coefficient (Wildman–Crippen LogP) is 2.94. The van der Waals surface area contributed by atoms with Crippen LogP contribution in [0.15, 0.2) is 41.1 Å². The second kappa shape index (κ2) is 8.77. The molecule has 7 nitrogen and oxygen atoms in total. The molecule has 27 heavy (non-hydrogen) atoms. The maximum Gasteiger partial charge on any atom is 0.194 e. The monoisotopic (exact) mass is 383 g/mol. The van der Waals surface area contributed by atoms with Crippen molar-refractivity contribution in [3.63, 3.8) is 0 Å². The molecule has 0 aliphatic carbocycles. The number of thiazole rings is 1. The van der Waals surface area contributed by atoms with Crippen molar-refractivity contribution < 1.29 is 0 Å². The summed E-state index contributed by atoms with van der Waals surface area (Å²) >= 11 is 1.67. The van der Waals surface area contributed by atoms with Gasteiger partial charge in [0.05, 0.1) is 23.8 Å². The van der Waals surface area contributed by atoms with E-state index in [0.717, 1.165) is 47.0 Å². The third-order valence-corrected chi connectivity index (χ3v) is 4.88. The van der Waals surface area contributed by atoms with Crippen LogP contribution in [0.5, 0.6) is 0 Å². The molecule has 3 aromatic rings. The fraction of sp³-hybridized carbons (Fsp3) is 0.368. The number of hydrogen-bond donors (Lipinski definition) is 1. The van der Waals surface area contributed by atoms with Crippen molar-refractivity contribution in [2.45, 2.75) is 33.9 Å². The summed E-state index contributed by atoms with van der Waals surface area (Å²) in [6, 6.07) is 4.05. The summed E-state index contributed by atoms with van der Waals surface area (Å²) in [6.07, 6.45) is 5.55. The molecule has 1 N–H and O–H groups in total. The number of rotatable bonds is 6. The third kappa shape index (κ3) is 4.91. The van der Waals surface area contributed by atoms with Crippen molar-refractivity contribution in [2.24, 2.45) is 4.99 Å². The number of hydrogen-bond acceptors (Lipinski definition) is 5. The van der Waals surface area contributed by atoms with Gasteiger partial charge in [-0.2, -0.15) is 0 Å². The molecule has 0 bridgehead atoms. The van der Waals surface area contributed by atoms with Gasteiger partial charge >= 0.3 is 0 Å². The van der Waals surface area contributed by atoms with Gasteiger partial charge in [-0.25, -0.2) is 19.9 Å². The van der Waals surface area contributed by atoms with Crippen LogP contribution in [0.3, 0.4) is 0 Å². The highest BCUT2D eigenvalue weighted by Gasteiger charge is 2.09. The number of pyridine rings is 1. The fourth-order valence-corrected chi connectivity index (χ4v) is 3.31. The van der Waals surface area contributed by atoms with Gasteiger partial charge in [0.1, 0.15) is 11.6 Å². The first kappa shape index (κ1) is 19.0. The first-order chi connectivity index (χ1) is 13.1. The van der Waals surface area contributed by atoms with Crippen molar-refractivity contribution in [3.05, 3.63) is 58.2 Å². The van der Waals surface area contributed by atoms with E-state index in [0.29, 0.717) is 6.54 Å². The van der Waals surface area contributed by atoms with Gasteiger partial charge in [0, 0.05) is 37.6 Å². The van der Waals surface area contributed by atoms with Gasteiger partial charge in [-0.1, -0.05) is 6.07 Å². The molecular weight excluding hydrogens is 358 g/mol. The average molecular weight is 384 g/mol. The molecule has 0 atom stereocenters. The summed E-state index contributed by atoms with van der Waals surface area (Å²) in [5.41, 5.74) is 2.12. The molecule has 3 rings (SSSR count). The number of aliphatic imine (C=N–C) groups is 1. The van der Waals surface area contributed by atoms with Crippen LogP contribution < -0.4 is 5.32 Å². The lowest BCUT2D eigenvalue weighted by Gasteiger charge is -2.21. The van der Waals surface area contributed by atoms with Gasteiger partial charge in [-0.05, 0) is 32.4 Å². The van der Waals surface area contributed by atoms with Crippen LogP contribution in [0.1, 0.15) is 29.0 Å². The molecule has 0 amide bonds. The third-order valence-electron chi connectivity index (χ3n) is 4.06. The highest BCUT2D eigenvalue weighted by Crippen LogP contribution is 2.11. The smallest absolute Gasteiger partial charge is 0.194 e. The molecular formula is C19H25N7S. The van der Waals surface area contributed by atoms with Crippen LogP contribution >= 0.6 is 11.3 Å². The molecule has 8 heteroatoms. The zero-order valence-electron chi connectivity index (χ0n) is 16.2. The van der Waals surface area contributed by atoms with Gasteiger partial charge < -0.3 is 10.2 Å². The normalized spacial score (nSPS) is 11.6. The van der Waals surface area contributed by atoms with Crippen LogP contribution in [0.25, 0.3) is 5.82 Å². The Morgan fingerprint density at radius 2 is 2.15 bits per heavy atom. The molecule has 0 aromatic carbocycles. The van der Waals surface area contributed by atoms with Crippen LogP contribution in [-0.2, 0) is 13.1 Å². The standard InChI is InChI=1S/C19H25N7S/c1-5-20-19(25(4)12-17-13-27-15(3)24-17)23-11-16-6-7-18(22-10-16)26-9-8-21-14(26)2/h6-10,13H,5,11-12H2,1-4H3,(H,20,23). The molecule has 0 unspecified atom stereocenters. The van der Waals surface area contributed by atoms with Gasteiger partial charge in [-0.15, -0.1) is 11.3 Å². The highest BCUT2D eigenvalue weighted by atomic mass is 32.1. The van der Waals surface area contributed by atoms with Crippen LogP contribution in [0.4, 0.5) is 0 Å². The minimum absolute atomic E-state index is 0.568. The average Bonchev–Trinajstić information content (AvgIpc) is 3.27. The quantitative estimate of drug-likeness (QED) is 0.523. The molecule has 142 valence electrons. The summed E-state index contributed by atoms with van der Waals surface area (Å²) in [5, 5.41) is 6.52. The molecule has 0 spiro atoms. The van der Waals surface area contributed by atoms with E-state index in [1.54, 1.807) is 17.5 Å². The number of imidazole rings is 1. The van der Waals surface area contributed by atoms with Crippen molar-refractivity contribution in [2.75, 3.05) is 13.6 Å². The lowest BCUT2D eigenvalue weighted by Crippen LogP contribution is -2.38. The summed E-state index contributed by atoms with van der Waals surface area (Å²) < 4.78 is 1.96. The van der Waals surface area contributed by atoms with Crippen LogP contribution in [0.2, 0.25) is 0 Å². The molecule has 0 saturated carbocycles. The molecule has 0 saturated heterocycles. The predicted molar refractivity (Wildman–Crippen MR) is 109 cm³/mol. The number of guanidine groups is 1. The Morgan fingerprint density at radius 3 is 2.74 bits per heavy atom. The minimum atomic E-state index is 0.568. The van der Waals surface area contributed by atoms with Crippen LogP contribution in [-0.4, -0.2) is 44.0 Å². The van der Waals surface area contributed by atoms with E-state index >= 15 is 0 Å². The SMILES string of the molecule is CCNC(=NCc1ccc(-n2ccnc2C)nc1)N(C)Cc1csc(C)n1. The summed E-state index contributed by atoms with van der Waals surface area (Å²) in [4.78, 5) is 20.1. The van der Waals surface area contributed by atoms with Crippen molar-refractivity contribution >= 4 is 17.3 Å². The molecule has 0 aliphatic heterocycles. The Bertz CT molecular complexity index is 895. The molecule has 3 heterocycles. The highest BCUT2D eigenvalue weighted by molar-refractivity contribution is 7.09. The van der Waals surface area contributed by atoms with E-state index in [4.69, 9.17) is 4.99 Å². The van der Waals surface area contributed by atoms with E-state index < -0.39 is 0 Å². The zero-order valence-corrected chi connectivity index (χ0v) is 17.0. The largest absolute Gasteiger partial charge is 0.357 e. The second-order valence-corrected chi connectivity index (χ2v) is 7.32. The summed E-state index contributed by atoms with van der Waals surface area (Å²) in [6.45, 7) is 8.17. The topological polar surface area (TPSA) is 71.2 Å². The molecule has 0 fully saturated rings. The number of aromatic nitrogens is 4. The van der Waals surface area contributed by atoms with Crippen LogP contribution in [0, 0.1) is 13.8 Å². The molecule has 3 aromatic heterocycles. The Hall–Kier alpha value is -2.74. The Labute approximate surface area is 163 Å². The first-order valence-electron chi connectivity index (χ1n) is 8.92. The zero-order chi connectivity index (χ0) is 19.2. The lowest BCUT2D eigenvalue weighted by molar-refractivity contribution is 0.471. The molecule has 0 aliphatic rings. The summed E-state index contributed by atoms with van der Waals surface area (Å²) in [7, 11) is 2.03. The second-order valence-electron chi connectivity index (χ2n) is 6.25. The Morgan fingerprint density at radius 1 is 1.30 bits per heavy atom.